The van der Waals surface area contributed by atoms with Crippen LogP contribution in [-0.2, 0) is 17.5 Å². The van der Waals surface area contributed by atoms with Gasteiger partial charge in [-0.25, -0.2) is 9.97 Å². The second-order valence-corrected chi connectivity index (χ2v) is 10.5. The Balaban J connectivity index is 1.38. The summed E-state index contributed by atoms with van der Waals surface area (Å²) in [6.07, 6.45) is -3.17. The first-order valence-electron chi connectivity index (χ1n) is 13.8. The molecule has 1 aliphatic rings. The van der Waals surface area contributed by atoms with E-state index < -0.39 is 17.6 Å². The van der Waals surface area contributed by atoms with Gasteiger partial charge in [-0.2, -0.15) is 23.0 Å². The quantitative estimate of drug-likeness (QED) is 0.244. The number of anilines is 4. The summed E-state index contributed by atoms with van der Waals surface area (Å²) in [6, 6.07) is 12.3. The third-order valence-electron chi connectivity index (χ3n) is 7.03. The van der Waals surface area contributed by atoms with Crippen molar-refractivity contribution < 1.29 is 22.7 Å². The van der Waals surface area contributed by atoms with Crippen molar-refractivity contribution in [3.63, 3.8) is 0 Å². The van der Waals surface area contributed by atoms with Crippen LogP contribution in [0.3, 0.4) is 0 Å². The summed E-state index contributed by atoms with van der Waals surface area (Å²) in [6.45, 7) is 7.67. The number of aromatic nitrogens is 4. The van der Waals surface area contributed by atoms with E-state index in [1.165, 1.54) is 12.4 Å². The second-order valence-electron chi connectivity index (χ2n) is 10.5. The summed E-state index contributed by atoms with van der Waals surface area (Å²) in [5, 5.41) is 13.6. The predicted molar refractivity (Wildman–Crippen MR) is 158 cm³/mol. The highest BCUT2D eigenvalue weighted by molar-refractivity contribution is 6.04. The van der Waals surface area contributed by atoms with Crippen LogP contribution in [0, 0.1) is 13.8 Å². The zero-order valence-electron chi connectivity index (χ0n) is 24.3. The molecule has 2 aromatic heterocycles. The van der Waals surface area contributed by atoms with Crippen molar-refractivity contribution in [2.45, 2.75) is 39.6 Å². The maximum atomic E-state index is 13.8. The molecule has 1 atom stereocenters. The lowest BCUT2D eigenvalue weighted by Crippen LogP contribution is -2.40. The van der Waals surface area contributed by atoms with Gasteiger partial charge in [-0.05, 0) is 62.2 Å². The zero-order valence-corrected chi connectivity index (χ0v) is 24.3. The Hall–Kier alpha value is -4.49. The fraction of sp³-hybridized carbons (Fsp3) is 0.333. The molecule has 1 unspecified atom stereocenters. The number of nitrogens with one attached hydrogen (secondary N) is 3. The van der Waals surface area contributed by atoms with Crippen LogP contribution in [0.5, 0.6) is 0 Å². The van der Waals surface area contributed by atoms with Gasteiger partial charge >= 0.3 is 6.18 Å². The Morgan fingerprint density at radius 1 is 1.09 bits per heavy atom. The number of carbonyl (C=O) groups is 1. The molecule has 0 radical (unpaired) electrons. The minimum atomic E-state index is -4.59. The van der Waals surface area contributed by atoms with Crippen LogP contribution in [0.15, 0.2) is 54.9 Å². The second kappa shape index (κ2) is 12.4. The Bertz CT molecular complexity index is 1620. The number of halogens is 3. The summed E-state index contributed by atoms with van der Waals surface area (Å²) in [5.74, 6) is 1.16. The van der Waals surface area contributed by atoms with Crippen LogP contribution in [0.25, 0.3) is 5.82 Å². The molecule has 4 aromatic rings. The highest BCUT2D eigenvalue weighted by Crippen LogP contribution is 2.32. The molecule has 1 amide bonds. The smallest absolute Gasteiger partial charge is 0.376 e. The summed E-state index contributed by atoms with van der Waals surface area (Å²) in [4.78, 5) is 23.8. The fourth-order valence-corrected chi connectivity index (χ4v) is 4.91. The predicted octanol–water partition coefficient (Wildman–Crippen LogP) is 5.56. The van der Waals surface area contributed by atoms with E-state index in [-0.39, 0.29) is 18.2 Å². The maximum absolute atomic E-state index is 13.8. The number of benzene rings is 2. The van der Waals surface area contributed by atoms with E-state index in [2.05, 4.69) is 31.0 Å². The molecule has 0 bridgehead atoms. The standard InChI is InChI=1S/C30H33F3N8O2/c1-18-5-6-24(13-25(18)38-28-9-19(2)39-41(28)27-14-26(34-4)35-17-36-27)37-29(42)22-10-21(11-23(12-22)30(31,32)33)16-40-7-8-43-20(3)15-40/h5-6,9-14,17,20,38H,7-8,15-16H2,1-4H3,(H,37,42)(H,34,35,36). The minimum Gasteiger partial charge on any atom is -0.376 e. The first-order valence-corrected chi connectivity index (χ1v) is 13.8. The van der Waals surface area contributed by atoms with Crippen molar-refractivity contribution in [1.82, 2.24) is 24.6 Å². The van der Waals surface area contributed by atoms with E-state index in [4.69, 9.17) is 4.74 Å². The van der Waals surface area contributed by atoms with E-state index in [0.717, 1.165) is 23.4 Å². The number of aryl methyl sites for hydroxylation is 2. The number of morpholine rings is 1. The number of ether oxygens (including phenoxy) is 1. The normalized spacial score (nSPS) is 15.7. The molecule has 43 heavy (non-hydrogen) atoms. The number of alkyl halides is 3. The monoisotopic (exact) mass is 594 g/mol. The van der Waals surface area contributed by atoms with Crippen molar-refractivity contribution in [3.05, 3.63) is 82.8 Å². The highest BCUT2D eigenvalue weighted by atomic mass is 19.4. The lowest BCUT2D eigenvalue weighted by atomic mass is 10.0. The van der Waals surface area contributed by atoms with Crippen LogP contribution in [0.4, 0.5) is 36.2 Å². The molecule has 0 spiro atoms. The molecule has 2 aromatic carbocycles. The van der Waals surface area contributed by atoms with Gasteiger partial charge in [-0.3, -0.25) is 9.69 Å². The molecule has 1 aliphatic heterocycles. The van der Waals surface area contributed by atoms with Gasteiger partial charge in [0.1, 0.15) is 18.0 Å². The SMILES string of the molecule is CNc1cc(-n2nc(C)cc2Nc2cc(NC(=O)c3cc(CN4CCOC(C)C4)cc(C(F)(F)F)c3)ccc2C)ncn1. The Kier molecular flexibility index (Phi) is 8.64. The van der Waals surface area contributed by atoms with Crippen molar-refractivity contribution in [3.8, 4) is 5.82 Å². The molecule has 0 aliphatic carbocycles. The van der Waals surface area contributed by atoms with Gasteiger partial charge in [0.25, 0.3) is 5.91 Å². The molecule has 1 fully saturated rings. The Morgan fingerprint density at radius 3 is 2.65 bits per heavy atom. The number of amides is 1. The number of carbonyl (C=O) groups excluding carboxylic acids is 1. The van der Waals surface area contributed by atoms with Gasteiger partial charge in [0, 0.05) is 55.8 Å². The molecule has 0 saturated carbocycles. The molecular formula is C30H33F3N8O2. The van der Waals surface area contributed by atoms with Crippen molar-refractivity contribution in [2.24, 2.45) is 0 Å². The lowest BCUT2D eigenvalue weighted by Gasteiger charge is -2.31. The van der Waals surface area contributed by atoms with Gasteiger partial charge in [-0.1, -0.05) is 6.07 Å². The topological polar surface area (TPSA) is 109 Å². The lowest BCUT2D eigenvalue weighted by molar-refractivity contribution is -0.137. The van der Waals surface area contributed by atoms with Gasteiger partial charge in [0.15, 0.2) is 5.82 Å². The van der Waals surface area contributed by atoms with Crippen LogP contribution in [0.1, 0.15) is 39.7 Å². The Labute approximate surface area is 247 Å². The summed E-state index contributed by atoms with van der Waals surface area (Å²) >= 11 is 0. The molecule has 1 saturated heterocycles. The average Bonchev–Trinajstić information content (AvgIpc) is 3.34. The first kappa shape index (κ1) is 30.0. The number of hydrogen-bond acceptors (Lipinski definition) is 8. The van der Waals surface area contributed by atoms with Gasteiger partial charge in [0.05, 0.1) is 24.0 Å². The molecular weight excluding hydrogens is 561 g/mol. The summed E-state index contributed by atoms with van der Waals surface area (Å²) in [5.41, 5.74) is 2.20. The van der Waals surface area contributed by atoms with Gasteiger partial charge in [0.2, 0.25) is 0 Å². The average molecular weight is 595 g/mol. The van der Waals surface area contributed by atoms with Crippen molar-refractivity contribution in [2.75, 3.05) is 42.7 Å². The van der Waals surface area contributed by atoms with Gasteiger partial charge < -0.3 is 20.7 Å². The number of rotatable bonds is 8. The van der Waals surface area contributed by atoms with E-state index in [1.807, 2.05) is 37.8 Å². The number of hydrogen-bond donors (Lipinski definition) is 3. The fourth-order valence-electron chi connectivity index (χ4n) is 4.91. The summed E-state index contributed by atoms with van der Waals surface area (Å²) in [7, 11) is 1.76. The third kappa shape index (κ3) is 7.30. The van der Waals surface area contributed by atoms with E-state index in [0.29, 0.717) is 54.1 Å². The van der Waals surface area contributed by atoms with Crippen LogP contribution >= 0.6 is 0 Å². The molecule has 226 valence electrons. The van der Waals surface area contributed by atoms with Crippen LogP contribution in [-0.4, -0.2) is 63.4 Å². The maximum Gasteiger partial charge on any atom is 0.416 e. The highest BCUT2D eigenvalue weighted by Gasteiger charge is 2.32. The largest absolute Gasteiger partial charge is 0.416 e. The third-order valence-corrected chi connectivity index (χ3v) is 7.03. The van der Waals surface area contributed by atoms with Crippen LogP contribution in [0.2, 0.25) is 0 Å². The van der Waals surface area contributed by atoms with Crippen molar-refractivity contribution >= 4 is 28.9 Å². The first-order chi connectivity index (χ1) is 20.5. The van der Waals surface area contributed by atoms with E-state index in [9.17, 15) is 18.0 Å². The molecule has 13 heteroatoms. The number of nitrogens with zero attached hydrogens (tertiary/aromatic N) is 5. The molecule has 5 rings (SSSR count). The molecule has 10 nitrogen and oxygen atoms in total. The molecule has 3 heterocycles. The molecule has 3 N–H and O–H groups in total. The van der Waals surface area contributed by atoms with E-state index >= 15 is 0 Å². The van der Waals surface area contributed by atoms with Crippen LogP contribution < -0.4 is 16.0 Å². The van der Waals surface area contributed by atoms with Gasteiger partial charge in [-0.15, -0.1) is 0 Å². The Morgan fingerprint density at radius 2 is 1.91 bits per heavy atom. The zero-order chi connectivity index (χ0) is 30.7. The van der Waals surface area contributed by atoms with E-state index in [1.54, 1.807) is 29.9 Å². The van der Waals surface area contributed by atoms with Crippen molar-refractivity contribution in [1.29, 1.82) is 0 Å². The summed E-state index contributed by atoms with van der Waals surface area (Å²) < 4.78 is 48.6. The minimum absolute atomic E-state index is 0.0130.